The molecule has 0 spiro atoms. The maximum absolute atomic E-state index is 5.91. The van der Waals surface area contributed by atoms with Gasteiger partial charge in [0.2, 0.25) is 0 Å². The first-order chi connectivity index (χ1) is 10.2. The van der Waals surface area contributed by atoms with Crippen molar-refractivity contribution in [2.45, 2.75) is 65.8 Å². The molecule has 0 aliphatic carbocycles. The molecule has 1 aromatic rings. The second kappa shape index (κ2) is 10.8. The summed E-state index contributed by atoms with van der Waals surface area (Å²) in [5, 5.41) is 3.55. The molecule has 0 amide bonds. The molecule has 1 N–H and O–H groups in total. The molecule has 1 unspecified atom stereocenters. The lowest BCUT2D eigenvalue weighted by Gasteiger charge is -2.21. The highest BCUT2D eigenvalue weighted by molar-refractivity contribution is 5.32. The molecule has 1 rings (SSSR count). The molecule has 0 aromatic heterocycles. The van der Waals surface area contributed by atoms with Crippen molar-refractivity contribution in [1.82, 2.24) is 5.32 Å². The number of hydrogen-bond donors (Lipinski definition) is 1. The zero-order valence-corrected chi connectivity index (χ0v) is 14.4. The van der Waals surface area contributed by atoms with Crippen molar-refractivity contribution in [3.63, 3.8) is 0 Å². The van der Waals surface area contributed by atoms with Crippen LogP contribution in [0, 0.1) is 13.8 Å². The Balaban J connectivity index is 2.39. The summed E-state index contributed by atoms with van der Waals surface area (Å²) in [7, 11) is 0. The van der Waals surface area contributed by atoms with E-state index in [-0.39, 0.29) is 0 Å². The fourth-order valence-corrected chi connectivity index (χ4v) is 2.73. The van der Waals surface area contributed by atoms with Gasteiger partial charge in [0.1, 0.15) is 0 Å². The summed E-state index contributed by atoms with van der Waals surface area (Å²) in [5.74, 6) is 0. The lowest BCUT2D eigenvalue weighted by atomic mass is 9.99. The third-order valence-electron chi connectivity index (χ3n) is 3.93. The van der Waals surface area contributed by atoms with Crippen LogP contribution in [0.2, 0.25) is 0 Å². The molecule has 2 nitrogen and oxygen atoms in total. The molecule has 1 aromatic carbocycles. The van der Waals surface area contributed by atoms with Crippen LogP contribution in [-0.2, 0) is 4.74 Å². The van der Waals surface area contributed by atoms with E-state index in [0.29, 0.717) is 6.04 Å². The molecule has 21 heavy (non-hydrogen) atoms. The van der Waals surface area contributed by atoms with Crippen molar-refractivity contribution in [3.8, 4) is 0 Å². The molecule has 0 fully saturated rings. The van der Waals surface area contributed by atoms with Crippen LogP contribution < -0.4 is 5.32 Å². The first kappa shape index (κ1) is 18.2. The Morgan fingerprint density at radius 3 is 2.48 bits per heavy atom. The Labute approximate surface area is 131 Å². The highest BCUT2D eigenvalue weighted by Crippen LogP contribution is 2.19. The molecule has 120 valence electrons. The molecule has 1 atom stereocenters. The van der Waals surface area contributed by atoms with Crippen molar-refractivity contribution < 1.29 is 4.74 Å². The first-order valence-electron chi connectivity index (χ1n) is 8.57. The number of unbranched alkanes of at least 4 members (excludes halogenated alkanes) is 4. The highest BCUT2D eigenvalue weighted by atomic mass is 16.5. The molecule has 0 saturated carbocycles. The molecule has 0 aliphatic rings. The fourth-order valence-electron chi connectivity index (χ4n) is 2.73. The average molecular weight is 291 g/mol. The minimum atomic E-state index is 0.311. The largest absolute Gasteiger partial charge is 0.379 e. The standard InChI is InChI=1S/C19H33NO/c1-5-7-8-9-10-13-21-15-19(20-6-2)18-12-11-16(3)14-17(18)4/h11-12,14,19-20H,5-10,13,15H2,1-4H3. The third-order valence-corrected chi connectivity index (χ3v) is 3.93. The van der Waals surface area contributed by atoms with Gasteiger partial charge in [0.15, 0.2) is 0 Å². The highest BCUT2D eigenvalue weighted by Gasteiger charge is 2.12. The van der Waals surface area contributed by atoms with Crippen LogP contribution in [0.3, 0.4) is 0 Å². The van der Waals surface area contributed by atoms with Gasteiger partial charge < -0.3 is 10.1 Å². The number of aryl methyl sites for hydroxylation is 2. The van der Waals surface area contributed by atoms with Gasteiger partial charge in [-0.3, -0.25) is 0 Å². The Kier molecular flexibility index (Phi) is 9.36. The molecule has 0 saturated heterocycles. The van der Waals surface area contributed by atoms with E-state index >= 15 is 0 Å². The van der Waals surface area contributed by atoms with Gasteiger partial charge in [0, 0.05) is 6.61 Å². The minimum absolute atomic E-state index is 0.311. The number of likely N-dealkylation sites (N-methyl/N-ethyl adjacent to an activating group) is 1. The quantitative estimate of drug-likeness (QED) is 0.583. The number of ether oxygens (including phenoxy) is 1. The maximum Gasteiger partial charge on any atom is 0.0661 e. The molecule has 0 bridgehead atoms. The number of rotatable bonds is 11. The molecule has 0 aliphatic heterocycles. The van der Waals surface area contributed by atoms with Gasteiger partial charge in [0.05, 0.1) is 12.6 Å². The SMILES string of the molecule is CCCCCCCOCC(NCC)c1ccc(C)cc1C. The molecule has 0 radical (unpaired) electrons. The van der Waals surface area contributed by atoms with Gasteiger partial charge in [-0.15, -0.1) is 0 Å². The van der Waals surface area contributed by atoms with Crippen LogP contribution >= 0.6 is 0 Å². The molecular formula is C19H33NO. The van der Waals surface area contributed by atoms with Crippen molar-refractivity contribution in [3.05, 3.63) is 34.9 Å². The number of nitrogens with one attached hydrogen (secondary N) is 1. The lowest BCUT2D eigenvalue weighted by molar-refractivity contribution is 0.108. The Morgan fingerprint density at radius 1 is 1.05 bits per heavy atom. The summed E-state index contributed by atoms with van der Waals surface area (Å²) >= 11 is 0. The van der Waals surface area contributed by atoms with Crippen molar-refractivity contribution >= 4 is 0 Å². The normalized spacial score (nSPS) is 12.6. The predicted octanol–water partition coefficient (Wildman–Crippen LogP) is 4.94. The van der Waals surface area contributed by atoms with Crippen LogP contribution in [0.5, 0.6) is 0 Å². The van der Waals surface area contributed by atoms with E-state index in [2.05, 4.69) is 51.2 Å². The summed E-state index contributed by atoms with van der Waals surface area (Å²) < 4.78 is 5.91. The van der Waals surface area contributed by atoms with Crippen molar-refractivity contribution in [2.24, 2.45) is 0 Å². The topological polar surface area (TPSA) is 21.3 Å². The van der Waals surface area contributed by atoms with E-state index in [9.17, 15) is 0 Å². The van der Waals surface area contributed by atoms with Gasteiger partial charge in [-0.2, -0.15) is 0 Å². The van der Waals surface area contributed by atoms with E-state index in [1.807, 2.05) is 0 Å². The average Bonchev–Trinajstić information content (AvgIpc) is 2.45. The van der Waals surface area contributed by atoms with Crippen LogP contribution in [0.4, 0.5) is 0 Å². The summed E-state index contributed by atoms with van der Waals surface area (Å²) in [6, 6.07) is 7.00. The van der Waals surface area contributed by atoms with Crippen LogP contribution in [-0.4, -0.2) is 19.8 Å². The zero-order valence-electron chi connectivity index (χ0n) is 14.4. The van der Waals surface area contributed by atoms with E-state index in [4.69, 9.17) is 4.74 Å². The smallest absolute Gasteiger partial charge is 0.0661 e. The second-order valence-corrected chi connectivity index (χ2v) is 5.96. The third kappa shape index (κ3) is 7.10. The van der Waals surface area contributed by atoms with Crippen LogP contribution in [0.1, 0.15) is 68.7 Å². The predicted molar refractivity (Wildman–Crippen MR) is 91.9 cm³/mol. The summed E-state index contributed by atoms with van der Waals surface area (Å²) in [6.07, 6.45) is 6.47. The first-order valence-corrected chi connectivity index (χ1v) is 8.57. The van der Waals surface area contributed by atoms with E-state index in [0.717, 1.165) is 19.8 Å². The van der Waals surface area contributed by atoms with Crippen molar-refractivity contribution in [2.75, 3.05) is 19.8 Å². The maximum atomic E-state index is 5.91. The monoisotopic (exact) mass is 291 g/mol. The summed E-state index contributed by atoms with van der Waals surface area (Å²) in [4.78, 5) is 0. The number of hydrogen-bond acceptors (Lipinski definition) is 2. The van der Waals surface area contributed by atoms with Gasteiger partial charge in [0.25, 0.3) is 0 Å². The zero-order chi connectivity index (χ0) is 15.5. The molecular weight excluding hydrogens is 258 g/mol. The van der Waals surface area contributed by atoms with Gasteiger partial charge in [-0.05, 0) is 37.9 Å². The second-order valence-electron chi connectivity index (χ2n) is 5.96. The molecule has 0 heterocycles. The lowest BCUT2D eigenvalue weighted by Crippen LogP contribution is -2.26. The van der Waals surface area contributed by atoms with Crippen LogP contribution in [0.15, 0.2) is 18.2 Å². The Bertz CT molecular complexity index is 389. The Morgan fingerprint density at radius 2 is 1.81 bits per heavy atom. The van der Waals surface area contributed by atoms with Gasteiger partial charge >= 0.3 is 0 Å². The van der Waals surface area contributed by atoms with E-state index in [1.54, 1.807) is 0 Å². The van der Waals surface area contributed by atoms with Crippen molar-refractivity contribution in [1.29, 1.82) is 0 Å². The van der Waals surface area contributed by atoms with Crippen LogP contribution in [0.25, 0.3) is 0 Å². The van der Waals surface area contributed by atoms with E-state index < -0.39 is 0 Å². The van der Waals surface area contributed by atoms with Gasteiger partial charge in [-0.25, -0.2) is 0 Å². The number of benzene rings is 1. The minimum Gasteiger partial charge on any atom is -0.379 e. The fraction of sp³-hybridized carbons (Fsp3) is 0.684. The summed E-state index contributed by atoms with van der Waals surface area (Å²) in [5.41, 5.74) is 4.05. The van der Waals surface area contributed by atoms with Gasteiger partial charge in [-0.1, -0.05) is 63.3 Å². The Hall–Kier alpha value is -0.860. The summed E-state index contributed by atoms with van der Waals surface area (Å²) in [6.45, 7) is 11.4. The van der Waals surface area contributed by atoms with E-state index in [1.165, 1.54) is 48.8 Å². The molecule has 2 heteroatoms.